The van der Waals surface area contributed by atoms with E-state index in [1.165, 1.54) is 53.5 Å². The van der Waals surface area contributed by atoms with Gasteiger partial charge in [0.25, 0.3) is 0 Å². The van der Waals surface area contributed by atoms with Gasteiger partial charge in [-0.2, -0.15) is 0 Å². The van der Waals surface area contributed by atoms with Crippen molar-refractivity contribution in [2.45, 2.75) is 44.9 Å². The number of hydrogen-bond donors (Lipinski definition) is 0. The first kappa shape index (κ1) is 17.5. The van der Waals surface area contributed by atoms with Gasteiger partial charge in [0, 0.05) is 6.42 Å². The molecule has 25 heavy (non-hydrogen) atoms. The Morgan fingerprint density at radius 3 is 2.16 bits per heavy atom. The summed E-state index contributed by atoms with van der Waals surface area (Å²) >= 11 is 0. The highest BCUT2D eigenvalue weighted by Crippen LogP contribution is 2.24. The molecule has 0 N–H and O–H groups in total. The van der Waals surface area contributed by atoms with E-state index in [1.54, 1.807) is 0 Å². The summed E-state index contributed by atoms with van der Waals surface area (Å²) in [5.41, 5.74) is 1.41. The van der Waals surface area contributed by atoms with E-state index in [-0.39, 0.29) is 5.97 Å². The molecular weight excluding hydrogens is 308 g/mol. The number of benzene rings is 3. The summed E-state index contributed by atoms with van der Waals surface area (Å²) in [5.74, 6) is -0.0938. The van der Waals surface area contributed by atoms with Crippen molar-refractivity contribution < 1.29 is 9.53 Å². The number of rotatable bonds is 8. The Morgan fingerprint density at radius 2 is 1.40 bits per heavy atom. The topological polar surface area (TPSA) is 26.3 Å². The highest BCUT2D eigenvalue weighted by atomic mass is 16.5. The Morgan fingerprint density at radius 1 is 0.760 bits per heavy atom. The maximum absolute atomic E-state index is 11.1. The lowest BCUT2D eigenvalue weighted by molar-refractivity contribution is -0.140. The lowest BCUT2D eigenvalue weighted by atomic mass is 9.99. The predicted octanol–water partition coefficient (Wildman–Crippen LogP) is 6.05. The second-order valence-corrected chi connectivity index (χ2v) is 6.72. The van der Waals surface area contributed by atoms with Crippen molar-refractivity contribution >= 4 is 27.5 Å². The van der Waals surface area contributed by atoms with E-state index in [4.69, 9.17) is 0 Å². The van der Waals surface area contributed by atoms with Crippen LogP contribution in [0.5, 0.6) is 0 Å². The molecule has 0 spiro atoms. The SMILES string of the molecule is COC(=O)CCCCCCCc1ccc2cc3ccccc3cc2c1. The number of carbonyl (C=O) groups is 1. The molecule has 3 aromatic rings. The molecule has 0 saturated carbocycles. The van der Waals surface area contributed by atoms with Crippen LogP contribution in [0.2, 0.25) is 0 Å². The van der Waals surface area contributed by atoms with Crippen LogP contribution in [0.25, 0.3) is 21.5 Å². The van der Waals surface area contributed by atoms with Crippen molar-refractivity contribution in [3.05, 3.63) is 60.2 Å². The van der Waals surface area contributed by atoms with Gasteiger partial charge in [0.1, 0.15) is 0 Å². The second-order valence-electron chi connectivity index (χ2n) is 6.72. The summed E-state index contributed by atoms with van der Waals surface area (Å²) in [6.07, 6.45) is 7.34. The molecule has 2 nitrogen and oxygen atoms in total. The van der Waals surface area contributed by atoms with E-state index in [2.05, 4.69) is 59.3 Å². The zero-order chi connectivity index (χ0) is 17.5. The first-order valence-corrected chi connectivity index (χ1v) is 9.24. The number of ether oxygens (including phenoxy) is 1. The highest BCUT2D eigenvalue weighted by Gasteiger charge is 2.01. The Bertz CT molecular complexity index is 851. The quantitative estimate of drug-likeness (QED) is 0.285. The fraction of sp³-hybridized carbons (Fsp3) is 0.348. The monoisotopic (exact) mass is 334 g/mol. The minimum absolute atomic E-state index is 0.0938. The van der Waals surface area contributed by atoms with Crippen molar-refractivity contribution in [3.63, 3.8) is 0 Å². The molecular formula is C23H26O2. The van der Waals surface area contributed by atoms with Crippen molar-refractivity contribution in [2.24, 2.45) is 0 Å². The zero-order valence-electron chi connectivity index (χ0n) is 15.0. The normalized spacial score (nSPS) is 11.1. The van der Waals surface area contributed by atoms with Crippen LogP contribution >= 0.6 is 0 Å². The Labute approximate surface area is 149 Å². The van der Waals surface area contributed by atoms with Crippen LogP contribution in [0.15, 0.2) is 54.6 Å². The van der Waals surface area contributed by atoms with Crippen LogP contribution in [0.4, 0.5) is 0 Å². The van der Waals surface area contributed by atoms with E-state index in [0.717, 1.165) is 19.3 Å². The van der Waals surface area contributed by atoms with Crippen LogP contribution < -0.4 is 0 Å². The molecule has 0 unspecified atom stereocenters. The molecule has 0 aliphatic rings. The maximum atomic E-state index is 11.1. The number of unbranched alkanes of at least 4 members (excludes halogenated alkanes) is 4. The van der Waals surface area contributed by atoms with Gasteiger partial charge in [-0.1, -0.05) is 61.7 Å². The molecule has 0 aliphatic heterocycles. The first-order valence-electron chi connectivity index (χ1n) is 9.24. The fourth-order valence-corrected chi connectivity index (χ4v) is 3.38. The van der Waals surface area contributed by atoms with Crippen molar-refractivity contribution in [2.75, 3.05) is 7.11 Å². The molecule has 0 aromatic heterocycles. The van der Waals surface area contributed by atoms with Crippen molar-refractivity contribution in [3.8, 4) is 0 Å². The van der Waals surface area contributed by atoms with E-state index < -0.39 is 0 Å². The van der Waals surface area contributed by atoms with Gasteiger partial charge in [-0.25, -0.2) is 0 Å². The molecule has 2 heteroatoms. The maximum Gasteiger partial charge on any atom is 0.305 e. The van der Waals surface area contributed by atoms with Gasteiger partial charge in [0.15, 0.2) is 0 Å². The largest absolute Gasteiger partial charge is 0.469 e. The van der Waals surface area contributed by atoms with Crippen molar-refractivity contribution in [1.29, 1.82) is 0 Å². The lowest BCUT2D eigenvalue weighted by Crippen LogP contribution is -1.99. The third kappa shape index (κ3) is 4.82. The Balaban J connectivity index is 1.50. The summed E-state index contributed by atoms with van der Waals surface area (Å²) in [6, 6.07) is 19.9. The van der Waals surface area contributed by atoms with E-state index in [9.17, 15) is 4.79 Å². The molecule has 0 amide bonds. The summed E-state index contributed by atoms with van der Waals surface area (Å²) in [6.45, 7) is 0. The average Bonchev–Trinajstić information content (AvgIpc) is 2.65. The number of aryl methyl sites for hydroxylation is 1. The molecule has 3 aromatic carbocycles. The molecule has 3 rings (SSSR count). The smallest absolute Gasteiger partial charge is 0.305 e. The van der Waals surface area contributed by atoms with Crippen LogP contribution in [0.1, 0.15) is 44.1 Å². The van der Waals surface area contributed by atoms with Gasteiger partial charge in [0.2, 0.25) is 0 Å². The highest BCUT2D eigenvalue weighted by molar-refractivity contribution is 5.98. The molecule has 0 heterocycles. The Kier molecular flexibility index (Phi) is 6.05. The van der Waals surface area contributed by atoms with Gasteiger partial charge in [-0.15, -0.1) is 0 Å². The third-order valence-electron chi connectivity index (χ3n) is 4.84. The minimum Gasteiger partial charge on any atom is -0.469 e. The zero-order valence-corrected chi connectivity index (χ0v) is 15.0. The van der Waals surface area contributed by atoms with Crippen molar-refractivity contribution in [1.82, 2.24) is 0 Å². The van der Waals surface area contributed by atoms with E-state index >= 15 is 0 Å². The fourth-order valence-electron chi connectivity index (χ4n) is 3.38. The van der Waals surface area contributed by atoms with Gasteiger partial charge < -0.3 is 4.74 Å². The summed E-state index contributed by atoms with van der Waals surface area (Å²) in [4.78, 5) is 11.1. The van der Waals surface area contributed by atoms with Crippen LogP contribution in [-0.2, 0) is 16.0 Å². The average molecular weight is 334 g/mol. The van der Waals surface area contributed by atoms with Gasteiger partial charge >= 0.3 is 5.97 Å². The minimum atomic E-state index is -0.0938. The lowest BCUT2D eigenvalue weighted by Gasteiger charge is -2.06. The first-order chi connectivity index (χ1) is 12.3. The predicted molar refractivity (Wildman–Crippen MR) is 105 cm³/mol. The summed E-state index contributed by atoms with van der Waals surface area (Å²) in [7, 11) is 1.45. The number of esters is 1. The third-order valence-corrected chi connectivity index (χ3v) is 4.84. The number of carbonyl (C=O) groups excluding carboxylic acids is 1. The Hall–Kier alpha value is -2.35. The number of fused-ring (bicyclic) bond motifs is 2. The molecule has 0 fully saturated rings. The molecule has 0 saturated heterocycles. The standard InChI is InChI=1S/C23H26O2/c1-25-23(24)12-6-4-2-3-5-9-18-13-14-21-16-19-10-7-8-11-20(19)17-22(21)15-18/h7-8,10-11,13-17H,2-6,9,12H2,1H3. The molecule has 130 valence electrons. The van der Waals surface area contributed by atoms with Crippen LogP contribution in [0, 0.1) is 0 Å². The van der Waals surface area contributed by atoms with Gasteiger partial charge in [0.05, 0.1) is 7.11 Å². The van der Waals surface area contributed by atoms with Crippen LogP contribution in [0.3, 0.4) is 0 Å². The number of hydrogen-bond acceptors (Lipinski definition) is 2. The molecule has 0 atom stereocenters. The van der Waals surface area contributed by atoms with Gasteiger partial charge in [-0.3, -0.25) is 4.79 Å². The second kappa shape index (κ2) is 8.66. The molecule has 0 radical (unpaired) electrons. The van der Waals surface area contributed by atoms with Crippen LogP contribution in [-0.4, -0.2) is 13.1 Å². The van der Waals surface area contributed by atoms with E-state index in [1.807, 2.05) is 0 Å². The molecule has 0 bridgehead atoms. The number of methoxy groups -OCH3 is 1. The van der Waals surface area contributed by atoms with E-state index in [0.29, 0.717) is 6.42 Å². The molecule has 0 aliphatic carbocycles. The summed E-state index contributed by atoms with van der Waals surface area (Å²) < 4.78 is 4.66. The van der Waals surface area contributed by atoms with Gasteiger partial charge in [-0.05, 0) is 58.5 Å². The summed E-state index contributed by atoms with van der Waals surface area (Å²) in [5, 5.41) is 5.24.